The molecule has 1 aromatic rings. The van der Waals surface area contributed by atoms with Crippen LogP contribution in [0.25, 0.3) is 0 Å². The van der Waals surface area contributed by atoms with Crippen molar-refractivity contribution in [2.24, 2.45) is 0 Å². The highest BCUT2D eigenvalue weighted by Gasteiger charge is 2.16. The molecule has 0 amide bonds. The van der Waals surface area contributed by atoms with Crippen molar-refractivity contribution in [3.8, 4) is 12.3 Å². The summed E-state index contributed by atoms with van der Waals surface area (Å²) in [5.74, 6) is 2.51. The summed E-state index contributed by atoms with van der Waals surface area (Å²) in [6, 6.07) is 0. The molecule has 1 aromatic heterocycles. The fraction of sp³-hybridized carbons (Fsp3) is 0.300. The lowest BCUT2D eigenvalue weighted by atomic mass is 10.3. The molecule has 1 rings (SSSR count). The Morgan fingerprint density at radius 2 is 2.38 bits per heavy atom. The Hall–Kier alpha value is -1.61. The van der Waals surface area contributed by atoms with Crippen LogP contribution in [-0.4, -0.2) is 16.5 Å². The molecule has 0 unspecified atom stereocenters. The van der Waals surface area contributed by atoms with Crippen molar-refractivity contribution in [3.05, 3.63) is 27.0 Å². The summed E-state index contributed by atoms with van der Waals surface area (Å²) in [6.07, 6.45) is 9.25. The number of nitrogens with zero attached hydrogens (tertiary/aromatic N) is 2. The third kappa shape index (κ3) is 3.21. The standard InChI is InChI=1S/C10H10BrN3O2/c1-2-3-4-5-13-10-8(11)6-12-7-9(10)14(15)16/h1,6-7H,3-5H2,(H,12,13). The zero-order valence-electron chi connectivity index (χ0n) is 8.44. The lowest BCUT2D eigenvalue weighted by Gasteiger charge is -2.07. The number of anilines is 1. The molecular formula is C10H10BrN3O2. The average molecular weight is 284 g/mol. The van der Waals surface area contributed by atoms with E-state index in [0.29, 0.717) is 23.1 Å². The fourth-order valence-corrected chi connectivity index (χ4v) is 1.60. The van der Waals surface area contributed by atoms with Crippen molar-refractivity contribution < 1.29 is 4.92 Å². The first-order chi connectivity index (χ1) is 7.66. The Morgan fingerprint density at radius 1 is 1.62 bits per heavy atom. The van der Waals surface area contributed by atoms with Gasteiger partial charge in [0.25, 0.3) is 0 Å². The second-order valence-electron chi connectivity index (χ2n) is 3.01. The van der Waals surface area contributed by atoms with Gasteiger partial charge in [0.1, 0.15) is 11.9 Å². The van der Waals surface area contributed by atoms with Gasteiger partial charge in [-0.25, -0.2) is 0 Å². The molecule has 1 heterocycles. The van der Waals surface area contributed by atoms with Crippen LogP contribution in [-0.2, 0) is 0 Å². The van der Waals surface area contributed by atoms with Crippen LogP contribution in [0.4, 0.5) is 11.4 Å². The zero-order valence-corrected chi connectivity index (χ0v) is 10.0. The second kappa shape index (κ2) is 6.08. The number of halogens is 1. The highest BCUT2D eigenvalue weighted by molar-refractivity contribution is 9.10. The monoisotopic (exact) mass is 283 g/mol. The molecule has 0 aromatic carbocycles. The maximum atomic E-state index is 10.7. The molecule has 0 bridgehead atoms. The maximum Gasteiger partial charge on any atom is 0.311 e. The maximum absolute atomic E-state index is 10.7. The van der Waals surface area contributed by atoms with Crippen molar-refractivity contribution in [2.45, 2.75) is 12.8 Å². The van der Waals surface area contributed by atoms with Gasteiger partial charge in [0.2, 0.25) is 0 Å². The number of unbranched alkanes of at least 4 members (excludes halogenated alkanes) is 1. The van der Waals surface area contributed by atoms with Crippen LogP contribution in [0.3, 0.4) is 0 Å². The fourth-order valence-electron chi connectivity index (χ4n) is 1.14. The summed E-state index contributed by atoms with van der Waals surface area (Å²) in [4.78, 5) is 14.0. The largest absolute Gasteiger partial charge is 0.378 e. The van der Waals surface area contributed by atoms with Gasteiger partial charge in [-0.2, -0.15) is 0 Å². The normalized spacial score (nSPS) is 9.50. The lowest BCUT2D eigenvalue weighted by molar-refractivity contribution is -0.384. The SMILES string of the molecule is C#CCCCNc1c(Br)cncc1[N+](=O)[O-]. The first kappa shape index (κ1) is 12.5. The number of nitro groups is 1. The molecular weight excluding hydrogens is 274 g/mol. The summed E-state index contributed by atoms with van der Waals surface area (Å²) in [5.41, 5.74) is 0.395. The number of terminal acetylenes is 1. The van der Waals surface area contributed by atoms with E-state index in [1.165, 1.54) is 12.4 Å². The minimum absolute atomic E-state index is 0.0462. The number of rotatable bonds is 5. The van der Waals surface area contributed by atoms with Crippen LogP contribution in [0, 0.1) is 22.5 Å². The molecule has 1 N–H and O–H groups in total. The number of pyridine rings is 1. The Kier molecular flexibility index (Phi) is 4.73. The van der Waals surface area contributed by atoms with Crippen LogP contribution in [0.5, 0.6) is 0 Å². The number of hydrogen-bond donors (Lipinski definition) is 1. The van der Waals surface area contributed by atoms with Crippen LogP contribution in [0.1, 0.15) is 12.8 Å². The van der Waals surface area contributed by atoms with Gasteiger partial charge in [-0.05, 0) is 22.4 Å². The van der Waals surface area contributed by atoms with Gasteiger partial charge in [0, 0.05) is 19.2 Å². The van der Waals surface area contributed by atoms with Gasteiger partial charge in [0.15, 0.2) is 0 Å². The van der Waals surface area contributed by atoms with Gasteiger partial charge in [0.05, 0.1) is 9.40 Å². The second-order valence-corrected chi connectivity index (χ2v) is 3.86. The predicted molar refractivity (Wildman–Crippen MR) is 65.1 cm³/mol. The van der Waals surface area contributed by atoms with Gasteiger partial charge in [-0.1, -0.05) is 0 Å². The van der Waals surface area contributed by atoms with E-state index in [0.717, 1.165) is 6.42 Å². The molecule has 6 heteroatoms. The molecule has 0 aliphatic heterocycles. The van der Waals surface area contributed by atoms with Crippen LogP contribution in [0.15, 0.2) is 16.9 Å². The van der Waals surface area contributed by atoms with Crippen LogP contribution in [0.2, 0.25) is 0 Å². The molecule has 0 atom stereocenters. The predicted octanol–water partition coefficient (Wildman–Crippen LogP) is 2.58. The van der Waals surface area contributed by atoms with Crippen LogP contribution < -0.4 is 5.32 Å². The van der Waals surface area contributed by atoms with Gasteiger partial charge >= 0.3 is 5.69 Å². The van der Waals surface area contributed by atoms with E-state index in [1.807, 2.05) is 0 Å². The highest BCUT2D eigenvalue weighted by Crippen LogP contribution is 2.30. The van der Waals surface area contributed by atoms with E-state index in [1.54, 1.807) is 0 Å². The van der Waals surface area contributed by atoms with Gasteiger partial charge in [-0.3, -0.25) is 15.1 Å². The molecule has 0 radical (unpaired) electrons. The van der Waals surface area contributed by atoms with Gasteiger partial charge in [-0.15, -0.1) is 12.3 Å². The van der Waals surface area contributed by atoms with Gasteiger partial charge < -0.3 is 5.32 Å². The topological polar surface area (TPSA) is 68.1 Å². The van der Waals surface area contributed by atoms with E-state index < -0.39 is 4.92 Å². The first-order valence-corrected chi connectivity index (χ1v) is 5.41. The molecule has 0 aliphatic rings. The quantitative estimate of drug-likeness (QED) is 0.390. The van der Waals surface area contributed by atoms with Crippen molar-refractivity contribution in [1.29, 1.82) is 0 Å². The Morgan fingerprint density at radius 3 is 3.00 bits per heavy atom. The number of hydrogen-bond acceptors (Lipinski definition) is 4. The molecule has 0 saturated carbocycles. The third-order valence-electron chi connectivity index (χ3n) is 1.88. The van der Waals surface area contributed by atoms with E-state index in [9.17, 15) is 10.1 Å². The summed E-state index contributed by atoms with van der Waals surface area (Å²) >= 11 is 3.21. The minimum Gasteiger partial charge on any atom is -0.378 e. The molecule has 5 nitrogen and oxygen atoms in total. The van der Waals surface area contributed by atoms with Crippen molar-refractivity contribution >= 4 is 27.3 Å². The van der Waals surface area contributed by atoms with Crippen molar-refractivity contribution in [3.63, 3.8) is 0 Å². The van der Waals surface area contributed by atoms with E-state index in [4.69, 9.17) is 6.42 Å². The van der Waals surface area contributed by atoms with Crippen molar-refractivity contribution in [1.82, 2.24) is 4.98 Å². The first-order valence-electron chi connectivity index (χ1n) is 4.62. The molecule has 0 spiro atoms. The van der Waals surface area contributed by atoms with E-state index in [2.05, 4.69) is 32.2 Å². The smallest absolute Gasteiger partial charge is 0.311 e. The molecule has 84 valence electrons. The Balaban J connectivity index is 2.77. The molecule has 0 aliphatic carbocycles. The van der Waals surface area contributed by atoms with E-state index >= 15 is 0 Å². The number of aromatic nitrogens is 1. The third-order valence-corrected chi connectivity index (χ3v) is 2.48. The van der Waals surface area contributed by atoms with Crippen molar-refractivity contribution in [2.75, 3.05) is 11.9 Å². The summed E-state index contributed by atoms with van der Waals surface area (Å²) in [7, 11) is 0. The molecule has 0 saturated heterocycles. The summed E-state index contributed by atoms with van der Waals surface area (Å²) < 4.78 is 0.572. The minimum atomic E-state index is -0.471. The average Bonchev–Trinajstić information content (AvgIpc) is 2.25. The molecule has 0 fully saturated rings. The molecule has 16 heavy (non-hydrogen) atoms. The zero-order chi connectivity index (χ0) is 12.0. The summed E-state index contributed by atoms with van der Waals surface area (Å²) in [6.45, 7) is 0.591. The lowest BCUT2D eigenvalue weighted by Crippen LogP contribution is -2.05. The Bertz CT molecular complexity index is 429. The number of nitrogens with one attached hydrogen (secondary N) is 1. The van der Waals surface area contributed by atoms with E-state index in [-0.39, 0.29) is 5.69 Å². The van der Waals surface area contributed by atoms with Crippen LogP contribution >= 0.6 is 15.9 Å². The highest BCUT2D eigenvalue weighted by atomic mass is 79.9. The summed E-state index contributed by atoms with van der Waals surface area (Å²) in [5, 5.41) is 13.7. The Labute approximate surface area is 102 Å².